The maximum Gasteiger partial charge on any atom is 0.247 e. The molecule has 200 valence electrons. The summed E-state index contributed by atoms with van der Waals surface area (Å²) in [6.07, 6.45) is 2.56. The van der Waals surface area contributed by atoms with Gasteiger partial charge in [-0.05, 0) is 79.9 Å². The molecule has 9 heteroatoms. The van der Waals surface area contributed by atoms with Crippen molar-refractivity contribution < 1.29 is 13.2 Å². The Balaban J connectivity index is 1.31. The molecule has 0 atom stereocenters. The molecule has 4 aromatic rings. The molecule has 0 bridgehead atoms. The third-order valence-corrected chi connectivity index (χ3v) is 8.68. The molecule has 3 heterocycles. The van der Waals surface area contributed by atoms with Gasteiger partial charge in [-0.2, -0.15) is 4.98 Å². The van der Waals surface area contributed by atoms with Crippen LogP contribution in [0.5, 0.6) is 5.75 Å². The highest BCUT2D eigenvalue weighted by atomic mass is 32.2. The fourth-order valence-electron chi connectivity index (χ4n) is 4.74. The summed E-state index contributed by atoms with van der Waals surface area (Å²) in [6, 6.07) is 20.5. The van der Waals surface area contributed by atoms with Gasteiger partial charge in [0.2, 0.25) is 5.95 Å². The molecule has 5 rings (SSSR count). The van der Waals surface area contributed by atoms with Crippen LogP contribution < -0.4 is 10.1 Å². The van der Waals surface area contributed by atoms with Gasteiger partial charge < -0.3 is 10.1 Å². The van der Waals surface area contributed by atoms with Crippen LogP contribution in [0.25, 0.3) is 16.9 Å². The molecule has 0 amide bonds. The number of anilines is 2. The molecule has 0 unspecified atom stereocenters. The lowest BCUT2D eigenvalue weighted by atomic mass is 10.0. The number of nitrogens with zero attached hydrogens (tertiary/aromatic N) is 4. The molecule has 0 spiro atoms. The van der Waals surface area contributed by atoms with Crippen molar-refractivity contribution in [1.29, 1.82) is 0 Å². The molecule has 1 fully saturated rings. The van der Waals surface area contributed by atoms with Crippen LogP contribution in [-0.4, -0.2) is 59.9 Å². The summed E-state index contributed by atoms with van der Waals surface area (Å²) in [5.74, 6) is 1.37. The van der Waals surface area contributed by atoms with E-state index in [-0.39, 0.29) is 11.2 Å². The van der Waals surface area contributed by atoms with Crippen molar-refractivity contribution in [3.8, 4) is 17.0 Å². The SMILES string of the molecule is CC(C)(C)CS(=O)(=O)c1cccc(-c2cccc3nc(Nc4ccc(OCCN5CCCC5)cc4)nn23)c1. The van der Waals surface area contributed by atoms with E-state index in [4.69, 9.17) is 4.74 Å². The minimum absolute atomic E-state index is 0.0767. The Morgan fingerprint density at radius 2 is 1.71 bits per heavy atom. The van der Waals surface area contributed by atoms with Crippen LogP contribution in [0, 0.1) is 5.41 Å². The fourth-order valence-corrected chi connectivity index (χ4v) is 6.64. The minimum atomic E-state index is -3.42. The highest BCUT2D eigenvalue weighted by molar-refractivity contribution is 7.91. The molecular weight excluding hydrogens is 498 g/mol. The molecule has 2 aromatic carbocycles. The van der Waals surface area contributed by atoms with Crippen LogP contribution in [0.3, 0.4) is 0 Å². The first kappa shape index (κ1) is 26.2. The molecule has 1 aliphatic heterocycles. The molecule has 38 heavy (non-hydrogen) atoms. The number of pyridine rings is 1. The number of likely N-dealkylation sites (tertiary alicyclic amines) is 1. The number of ether oxygens (including phenoxy) is 1. The summed E-state index contributed by atoms with van der Waals surface area (Å²) in [6.45, 7) is 9.75. The second-order valence-electron chi connectivity index (χ2n) is 11.0. The van der Waals surface area contributed by atoms with E-state index in [1.165, 1.54) is 25.9 Å². The van der Waals surface area contributed by atoms with E-state index in [0.717, 1.165) is 29.2 Å². The summed E-state index contributed by atoms with van der Waals surface area (Å²) < 4.78 is 33.6. The smallest absolute Gasteiger partial charge is 0.247 e. The number of aromatic nitrogens is 3. The van der Waals surface area contributed by atoms with Crippen LogP contribution in [0.2, 0.25) is 0 Å². The van der Waals surface area contributed by atoms with Gasteiger partial charge in [-0.1, -0.05) is 39.0 Å². The van der Waals surface area contributed by atoms with Crippen LogP contribution in [-0.2, 0) is 9.84 Å². The topological polar surface area (TPSA) is 88.8 Å². The average molecular weight is 534 g/mol. The quantitative estimate of drug-likeness (QED) is 0.307. The maximum atomic E-state index is 13.0. The zero-order valence-corrected chi connectivity index (χ0v) is 23.0. The van der Waals surface area contributed by atoms with E-state index in [2.05, 4.69) is 20.3 Å². The first-order valence-corrected chi connectivity index (χ1v) is 14.7. The van der Waals surface area contributed by atoms with Gasteiger partial charge in [0.15, 0.2) is 15.5 Å². The van der Waals surface area contributed by atoms with Gasteiger partial charge in [0.05, 0.1) is 16.3 Å². The van der Waals surface area contributed by atoms with Gasteiger partial charge in [-0.25, -0.2) is 12.9 Å². The number of fused-ring (bicyclic) bond motifs is 1. The van der Waals surface area contributed by atoms with E-state index >= 15 is 0 Å². The number of nitrogens with one attached hydrogen (secondary N) is 1. The van der Waals surface area contributed by atoms with Crippen LogP contribution in [0.1, 0.15) is 33.6 Å². The van der Waals surface area contributed by atoms with Crippen molar-refractivity contribution in [2.24, 2.45) is 5.41 Å². The Morgan fingerprint density at radius 3 is 2.45 bits per heavy atom. The van der Waals surface area contributed by atoms with Gasteiger partial charge in [0.1, 0.15) is 12.4 Å². The number of sulfone groups is 1. The Hall–Kier alpha value is -3.43. The van der Waals surface area contributed by atoms with Crippen molar-refractivity contribution in [2.75, 3.05) is 37.3 Å². The Bertz CT molecular complexity index is 1500. The Morgan fingerprint density at radius 1 is 0.974 bits per heavy atom. The molecule has 1 N–H and O–H groups in total. The van der Waals surface area contributed by atoms with E-state index in [1.54, 1.807) is 22.7 Å². The third-order valence-electron chi connectivity index (χ3n) is 6.46. The highest BCUT2D eigenvalue weighted by Crippen LogP contribution is 2.27. The summed E-state index contributed by atoms with van der Waals surface area (Å²) in [5.41, 5.74) is 2.70. The fraction of sp³-hybridized carbons (Fsp3) is 0.379. The zero-order valence-electron chi connectivity index (χ0n) is 22.2. The van der Waals surface area contributed by atoms with Crippen molar-refractivity contribution >= 4 is 27.1 Å². The third kappa shape index (κ3) is 6.34. The summed E-state index contributed by atoms with van der Waals surface area (Å²) in [5, 5.41) is 7.92. The van der Waals surface area contributed by atoms with Crippen LogP contribution >= 0.6 is 0 Å². The first-order valence-electron chi connectivity index (χ1n) is 13.1. The molecule has 0 saturated carbocycles. The number of hydrogen-bond donors (Lipinski definition) is 1. The molecule has 1 aliphatic rings. The predicted octanol–water partition coefficient (Wildman–Crippen LogP) is 5.43. The number of rotatable bonds is 9. The van der Waals surface area contributed by atoms with Crippen molar-refractivity contribution in [3.05, 3.63) is 66.7 Å². The molecular formula is C29H35N5O3S. The molecule has 0 radical (unpaired) electrons. The van der Waals surface area contributed by atoms with E-state index < -0.39 is 9.84 Å². The minimum Gasteiger partial charge on any atom is -0.492 e. The standard InChI is InChI=1S/C29H35N5O3S/c1-29(2,3)21-38(35,36)25-9-6-8-22(20-25)26-10-7-11-27-31-28(32-34(26)27)30-23-12-14-24(15-13-23)37-19-18-33-16-4-5-17-33/h6-15,20H,4-5,16-19,21H2,1-3H3,(H,30,32). The lowest BCUT2D eigenvalue weighted by Gasteiger charge is -2.18. The second-order valence-corrected chi connectivity index (χ2v) is 13.0. The molecule has 8 nitrogen and oxygen atoms in total. The van der Waals surface area contributed by atoms with E-state index in [0.29, 0.717) is 23.1 Å². The van der Waals surface area contributed by atoms with Crippen molar-refractivity contribution in [2.45, 2.75) is 38.5 Å². The second kappa shape index (κ2) is 10.7. The number of benzene rings is 2. The van der Waals surface area contributed by atoms with Gasteiger partial charge >= 0.3 is 0 Å². The predicted molar refractivity (Wildman–Crippen MR) is 151 cm³/mol. The summed E-state index contributed by atoms with van der Waals surface area (Å²) >= 11 is 0. The van der Waals surface area contributed by atoms with Crippen molar-refractivity contribution in [3.63, 3.8) is 0 Å². The van der Waals surface area contributed by atoms with Crippen LogP contribution in [0.15, 0.2) is 71.6 Å². The van der Waals surface area contributed by atoms with Crippen LogP contribution in [0.4, 0.5) is 11.6 Å². The van der Waals surface area contributed by atoms with Gasteiger partial charge in [-0.3, -0.25) is 4.90 Å². The lowest BCUT2D eigenvalue weighted by molar-refractivity contribution is 0.238. The lowest BCUT2D eigenvalue weighted by Crippen LogP contribution is -2.25. The normalized spacial score (nSPS) is 14.7. The Labute approximate surface area is 224 Å². The van der Waals surface area contributed by atoms with E-state index in [9.17, 15) is 8.42 Å². The maximum absolute atomic E-state index is 13.0. The zero-order chi connectivity index (χ0) is 26.8. The molecule has 2 aromatic heterocycles. The first-order chi connectivity index (χ1) is 18.2. The largest absolute Gasteiger partial charge is 0.492 e. The molecule has 1 saturated heterocycles. The summed E-state index contributed by atoms with van der Waals surface area (Å²) in [7, 11) is -3.42. The Kier molecular flexibility index (Phi) is 7.40. The highest BCUT2D eigenvalue weighted by Gasteiger charge is 2.24. The van der Waals surface area contributed by atoms with Gasteiger partial charge in [-0.15, -0.1) is 5.10 Å². The summed E-state index contributed by atoms with van der Waals surface area (Å²) in [4.78, 5) is 7.36. The van der Waals surface area contributed by atoms with Gasteiger partial charge in [0, 0.05) is 17.8 Å². The number of hydrogen-bond acceptors (Lipinski definition) is 7. The van der Waals surface area contributed by atoms with Crippen molar-refractivity contribution in [1.82, 2.24) is 19.5 Å². The average Bonchev–Trinajstić information content (AvgIpc) is 3.53. The monoisotopic (exact) mass is 533 g/mol. The molecule has 0 aliphatic carbocycles. The van der Waals surface area contributed by atoms with E-state index in [1.807, 2.05) is 69.3 Å². The van der Waals surface area contributed by atoms with Gasteiger partial charge in [0.25, 0.3) is 0 Å².